The molecule has 1 unspecified atom stereocenters. The summed E-state index contributed by atoms with van der Waals surface area (Å²) in [6, 6.07) is 14.5. The number of hydrogen-bond acceptors (Lipinski definition) is 2. The van der Waals surface area contributed by atoms with E-state index in [-0.39, 0.29) is 11.9 Å². The summed E-state index contributed by atoms with van der Waals surface area (Å²) in [6.07, 6.45) is -0.133. The molecule has 3 heteroatoms. The molecular weight excluding hydrogens is 241 g/mol. The first-order valence-corrected chi connectivity index (χ1v) is 6.33. The van der Waals surface area contributed by atoms with Crippen LogP contribution in [0.25, 0.3) is 0 Å². The van der Waals surface area contributed by atoms with Crippen LogP contribution in [0.3, 0.4) is 0 Å². The van der Waals surface area contributed by atoms with Crippen molar-refractivity contribution in [2.75, 3.05) is 13.6 Å². The minimum absolute atomic E-state index is 0.133. The van der Waals surface area contributed by atoms with Crippen molar-refractivity contribution in [2.24, 2.45) is 0 Å². The number of ether oxygens (including phenoxy) is 1. The molecule has 2 aromatic carbocycles. The molecule has 2 rings (SSSR count). The summed E-state index contributed by atoms with van der Waals surface area (Å²) in [7, 11) is 1.87. The number of nitrogens with one attached hydrogen (secondary N) is 1. The molecule has 0 aliphatic heterocycles. The molecular formula is C16H18FNO. The van der Waals surface area contributed by atoms with E-state index in [0.717, 1.165) is 11.1 Å². The van der Waals surface area contributed by atoms with Crippen LogP contribution in [0.4, 0.5) is 4.39 Å². The van der Waals surface area contributed by atoms with E-state index in [2.05, 4.69) is 5.32 Å². The molecule has 1 N–H and O–H groups in total. The third kappa shape index (κ3) is 3.55. The second-order valence-electron chi connectivity index (χ2n) is 4.48. The van der Waals surface area contributed by atoms with E-state index < -0.39 is 0 Å². The zero-order valence-electron chi connectivity index (χ0n) is 11.2. The fourth-order valence-electron chi connectivity index (χ4n) is 1.93. The Morgan fingerprint density at radius 3 is 2.58 bits per heavy atom. The lowest BCUT2D eigenvalue weighted by Gasteiger charge is -2.20. The minimum atomic E-state index is -0.281. The highest BCUT2D eigenvalue weighted by Crippen LogP contribution is 2.25. The first-order valence-electron chi connectivity index (χ1n) is 6.33. The number of aryl methyl sites for hydroxylation is 1. The van der Waals surface area contributed by atoms with Gasteiger partial charge in [0.1, 0.15) is 17.7 Å². The Balaban J connectivity index is 2.24. The van der Waals surface area contributed by atoms with Gasteiger partial charge in [-0.3, -0.25) is 0 Å². The van der Waals surface area contributed by atoms with E-state index in [1.165, 1.54) is 12.1 Å². The molecule has 19 heavy (non-hydrogen) atoms. The van der Waals surface area contributed by atoms with Crippen LogP contribution in [0, 0.1) is 12.7 Å². The number of benzene rings is 2. The summed E-state index contributed by atoms with van der Waals surface area (Å²) in [4.78, 5) is 0. The number of hydrogen-bond donors (Lipinski definition) is 1. The summed E-state index contributed by atoms with van der Waals surface area (Å²) in [6.45, 7) is 2.58. The average molecular weight is 259 g/mol. The van der Waals surface area contributed by atoms with Crippen molar-refractivity contribution in [3.05, 3.63) is 65.5 Å². The molecule has 0 bridgehead atoms. The summed E-state index contributed by atoms with van der Waals surface area (Å²) < 4.78 is 19.2. The highest BCUT2D eigenvalue weighted by Gasteiger charge is 2.13. The highest BCUT2D eigenvalue weighted by molar-refractivity contribution is 5.33. The van der Waals surface area contributed by atoms with Gasteiger partial charge in [0.15, 0.2) is 0 Å². The molecule has 0 heterocycles. The standard InChI is InChI=1S/C16H18FNO/c1-12-8-9-14(17)10-15(12)19-16(11-18-2)13-6-4-3-5-7-13/h3-10,16,18H,11H2,1-2H3. The van der Waals surface area contributed by atoms with Crippen molar-refractivity contribution >= 4 is 0 Å². The van der Waals surface area contributed by atoms with Gasteiger partial charge in [-0.2, -0.15) is 0 Å². The molecule has 100 valence electrons. The van der Waals surface area contributed by atoms with Gasteiger partial charge < -0.3 is 10.1 Å². The lowest BCUT2D eigenvalue weighted by molar-refractivity contribution is 0.202. The van der Waals surface area contributed by atoms with Crippen LogP contribution in [-0.4, -0.2) is 13.6 Å². The minimum Gasteiger partial charge on any atom is -0.484 e. The molecule has 0 aliphatic carbocycles. The Bertz CT molecular complexity index is 528. The molecule has 0 saturated heterocycles. The van der Waals surface area contributed by atoms with Gasteiger partial charge in [-0.25, -0.2) is 4.39 Å². The van der Waals surface area contributed by atoms with Gasteiger partial charge in [-0.15, -0.1) is 0 Å². The summed E-state index contributed by atoms with van der Waals surface area (Å²) in [5, 5.41) is 3.10. The Labute approximate surface area is 113 Å². The second kappa shape index (κ2) is 6.34. The maximum absolute atomic E-state index is 13.3. The fourth-order valence-corrected chi connectivity index (χ4v) is 1.93. The summed E-state index contributed by atoms with van der Waals surface area (Å²) in [5.74, 6) is 0.306. The van der Waals surface area contributed by atoms with Gasteiger partial charge in [-0.05, 0) is 31.2 Å². The van der Waals surface area contributed by atoms with Crippen molar-refractivity contribution in [3.63, 3.8) is 0 Å². The van der Waals surface area contributed by atoms with Crippen LogP contribution in [0.2, 0.25) is 0 Å². The fraction of sp³-hybridized carbons (Fsp3) is 0.250. The third-order valence-electron chi connectivity index (χ3n) is 2.98. The lowest BCUT2D eigenvalue weighted by atomic mass is 10.1. The first-order chi connectivity index (χ1) is 9.20. The van der Waals surface area contributed by atoms with Gasteiger partial charge in [0.25, 0.3) is 0 Å². The molecule has 0 aromatic heterocycles. The Hall–Kier alpha value is -1.87. The largest absolute Gasteiger partial charge is 0.484 e. The maximum Gasteiger partial charge on any atom is 0.136 e. The zero-order chi connectivity index (χ0) is 13.7. The van der Waals surface area contributed by atoms with Crippen molar-refractivity contribution in [3.8, 4) is 5.75 Å². The smallest absolute Gasteiger partial charge is 0.136 e. The molecule has 0 amide bonds. The van der Waals surface area contributed by atoms with Gasteiger partial charge in [-0.1, -0.05) is 36.4 Å². The van der Waals surface area contributed by atoms with Gasteiger partial charge in [0.05, 0.1) is 0 Å². The molecule has 0 saturated carbocycles. The highest BCUT2D eigenvalue weighted by atomic mass is 19.1. The van der Waals surface area contributed by atoms with E-state index in [0.29, 0.717) is 12.3 Å². The van der Waals surface area contributed by atoms with Crippen molar-refractivity contribution in [1.29, 1.82) is 0 Å². The molecule has 0 radical (unpaired) electrons. The first kappa shape index (κ1) is 13.6. The van der Waals surface area contributed by atoms with Crippen LogP contribution < -0.4 is 10.1 Å². The molecule has 0 spiro atoms. The monoisotopic (exact) mass is 259 g/mol. The van der Waals surface area contributed by atoms with Crippen molar-refractivity contribution in [2.45, 2.75) is 13.0 Å². The molecule has 1 atom stereocenters. The average Bonchev–Trinajstić information content (AvgIpc) is 2.43. The van der Waals surface area contributed by atoms with E-state index in [1.54, 1.807) is 6.07 Å². The Morgan fingerprint density at radius 2 is 1.89 bits per heavy atom. The second-order valence-corrected chi connectivity index (χ2v) is 4.48. The van der Waals surface area contributed by atoms with E-state index >= 15 is 0 Å². The Kier molecular flexibility index (Phi) is 4.53. The molecule has 0 fully saturated rings. The van der Waals surface area contributed by atoms with E-state index in [1.807, 2.05) is 44.3 Å². The Morgan fingerprint density at radius 1 is 1.16 bits per heavy atom. The van der Waals surface area contributed by atoms with Crippen molar-refractivity contribution in [1.82, 2.24) is 5.32 Å². The van der Waals surface area contributed by atoms with Crippen LogP contribution in [0.5, 0.6) is 5.75 Å². The number of halogens is 1. The van der Waals surface area contributed by atoms with Gasteiger partial charge >= 0.3 is 0 Å². The van der Waals surface area contributed by atoms with Crippen LogP contribution in [-0.2, 0) is 0 Å². The van der Waals surface area contributed by atoms with E-state index in [9.17, 15) is 4.39 Å². The number of likely N-dealkylation sites (N-methyl/N-ethyl adjacent to an activating group) is 1. The van der Waals surface area contributed by atoms with Crippen molar-refractivity contribution < 1.29 is 9.13 Å². The lowest BCUT2D eigenvalue weighted by Crippen LogP contribution is -2.22. The normalized spacial score (nSPS) is 12.2. The van der Waals surface area contributed by atoms with Gasteiger partial charge in [0.2, 0.25) is 0 Å². The quantitative estimate of drug-likeness (QED) is 0.887. The van der Waals surface area contributed by atoms with Gasteiger partial charge in [0, 0.05) is 12.6 Å². The maximum atomic E-state index is 13.3. The number of rotatable bonds is 5. The van der Waals surface area contributed by atoms with Crippen LogP contribution in [0.15, 0.2) is 48.5 Å². The summed E-state index contributed by atoms with van der Waals surface area (Å²) >= 11 is 0. The topological polar surface area (TPSA) is 21.3 Å². The molecule has 2 nitrogen and oxygen atoms in total. The predicted octanol–water partition coefficient (Wildman–Crippen LogP) is 3.47. The zero-order valence-corrected chi connectivity index (χ0v) is 11.2. The summed E-state index contributed by atoms with van der Waals surface area (Å²) in [5.41, 5.74) is 2.00. The third-order valence-corrected chi connectivity index (χ3v) is 2.98. The molecule has 2 aromatic rings. The van der Waals surface area contributed by atoms with Crippen LogP contribution >= 0.6 is 0 Å². The predicted molar refractivity (Wildman–Crippen MR) is 74.9 cm³/mol. The van der Waals surface area contributed by atoms with E-state index in [4.69, 9.17) is 4.74 Å². The molecule has 0 aliphatic rings. The SMILES string of the molecule is CNCC(Oc1cc(F)ccc1C)c1ccccc1. The van der Waals surface area contributed by atoms with Crippen LogP contribution in [0.1, 0.15) is 17.2 Å².